The fourth-order valence-corrected chi connectivity index (χ4v) is 4.18. The zero-order valence-electron chi connectivity index (χ0n) is 17.4. The van der Waals surface area contributed by atoms with Crippen molar-refractivity contribution < 1.29 is 14.4 Å². The lowest BCUT2D eigenvalue weighted by Gasteiger charge is -2.26. The fourth-order valence-electron chi connectivity index (χ4n) is 4.18. The molecule has 1 saturated heterocycles. The van der Waals surface area contributed by atoms with Crippen LogP contribution in [0.4, 0.5) is 5.69 Å². The SMILES string of the molecule is CC[C@H](C)NC(=O)c1cccc(CN2C(=O)[C@H]3CCCN3C(=O)c3ccccc32)c1. The van der Waals surface area contributed by atoms with Gasteiger partial charge in [0.15, 0.2) is 0 Å². The van der Waals surface area contributed by atoms with E-state index in [9.17, 15) is 14.4 Å². The molecule has 1 fully saturated rings. The van der Waals surface area contributed by atoms with Crippen molar-refractivity contribution in [3.05, 3.63) is 65.2 Å². The third kappa shape index (κ3) is 3.70. The molecule has 6 heteroatoms. The van der Waals surface area contributed by atoms with Gasteiger partial charge >= 0.3 is 0 Å². The molecule has 0 saturated carbocycles. The van der Waals surface area contributed by atoms with Crippen molar-refractivity contribution in [3.8, 4) is 0 Å². The van der Waals surface area contributed by atoms with E-state index < -0.39 is 6.04 Å². The molecule has 30 heavy (non-hydrogen) atoms. The number of fused-ring (bicyclic) bond motifs is 2. The predicted molar refractivity (Wildman–Crippen MR) is 115 cm³/mol. The van der Waals surface area contributed by atoms with Crippen LogP contribution in [0.25, 0.3) is 0 Å². The average molecular weight is 405 g/mol. The Labute approximate surface area is 176 Å². The molecule has 0 bridgehead atoms. The molecule has 3 amide bonds. The van der Waals surface area contributed by atoms with Gasteiger partial charge in [0.2, 0.25) is 5.91 Å². The first-order chi connectivity index (χ1) is 14.5. The number of benzene rings is 2. The van der Waals surface area contributed by atoms with Crippen LogP contribution in [0, 0.1) is 0 Å². The van der Waals surface area contributed by atoms with E-state index in [1.54, 1.807) is 21.9 Å². The molecule has 156 valence electrons. The summed E-state index contributed by atoms with van der Waals surface area (Å²) in [5.41, 5.74) is 2.62. The molecule has 0 radical (unpaired) electrons. The van der Waals surface area contributed by atoms with Crippen LogP contribution < -0.4 is 10.2 Å². The molecule has 0 aromatic heterocycles. The first kappa shape index (κ1) is 20.1. The smallest absolute Gasteiger partial charge is 0.256 e. The Balaban J connectivity index is 1.66. The number of nitrogens with one attached hydrogen (secondary N) is 1. The number of carbonyl (C=O) groups is 3. The molecule has 2 atom stereocenters. The molecule has 2 aromatic rings. The van der Waals surface area contributed by atoms with Gasteiger partial charge in [0.25, 0.3) is 11.8 Å². The van der Waals surface area contributed by atoms with Crippen molar-refractivity contribution in [2.75, 3.05) is 11.4 Å². The van der Waals surface area contributed by atoms with E-state index in [4.69, 9.17) is 0 Å². The first-order valence-electron chi connectivity index (χ1n) is 10.6. The minimum Gasteiger partial charge on any atom is -0.350 e. The largest absolute Gasteiger partial charge is 0.350 e. The van der Waals surface area contributed by atoms with Crippen molar-refractivity contribution >= 4 is 23.4 Å². The normalized spacial score (nSPS) is 19.2. The zero-order chi connectivity index (χ0) is 21.3. The molecule has 6 nitrogen and oxygen atoms in total. The zero-order valence-corrected chi connectivity index (χ0v) is 17.4. The lowest BCUT2D eigenvalue weighted by molar-refractivity contribution is -0.122. The Morgan fingerprint density at radius 2 is 1.97 bits per heavy atom. The van der Waals surface area contributed by atoms with E-state index in [-0.39, 0.29) is 23.8 Å². The summed E-state index contributed by atoms with van der Waals surface area (Å²) >= 11 is 0. The van der Waals surface area contributed by atoms with Crippen molar-refractivity contribution in [1.29, 1.82) is 0 Å². The standard InChI is InChI=1S/C24H27N3O3/c1-3-16(2)25-22(28)18-9-6-8-17(14-18)15-27-20-11-5-4-10-19(20)23(29)26-13-7-12-21(26)24(27)30/h4-6,8-11,14,16,21H,3,7,12-13,15H2,1-2H3,(H,25,28)/t16-,21+/m0/s1. The van der Waals surface area contributed by atoms with Crippen molar-refractivity contribution in [2.24, 2.45) is 0 Å². The number of carbonyl (C=O) groups excluding carboxylic acids is 3. The molecule has 1 N–H and O–H groups in total. The number of para-hydroxylation sites is 1. The van der Waals surface area contributed by atoms with E-state index in [1.807, 2.05) is 50.2 Å². The van der Waals surface area contributed by atoms with Crippen LogP contribution in [-0.2, 0) is 11.3 Å². The maximum absolute atomic E-state index is 13.4. The fraction of sp³-hybridized carbons (Fsp3) is 0.375. The molecular formula is C24H27N3O3. The van der Waals surface area contributed by atoms with Gasteiger partial charge in [-0.25, -0.2) is 0 Å². The molecular weight excluding hydrogens is 378 g/mol. The van der Waals surface area contributed by atoms with Crippen LogP contribution in [0.2, 0.25) is 0 Å². The lowest BCUT2D eigenvalue weighted by Crippen LogP contribution is -2.44. The number of hydrogen-bond acceptors (Lipinski definition) is 3. The van der Waals surface area contributed by atoms with Crippen LogP contribution in [0.1, 0.15) is 59.4 Å². The van der Waals surface area contributed by atoms with Gasteiger partial charge in [-0.05, 0) is 56.0 Å². The van der Waals surface area contributed by atoms with Gasteiger partial charge in [0.1, 0.15) is 6.04 Å². The van der Waals surface area contributed by atoms with Crippen LogP contribution >= 0.6 is 0 Å². The first-order valence-corrected chi connectivity index (χ1v) is 10.6. The molecule has 2 aliphatic rings. The topological polar surface area (TPSA) is 69.7 Å². The van der Waals surface area contributed by atoms with Gasteiger partial charge in [-0.1, -0.05) is 31.2 Å². The third-order valence-electron chi connectivity index (χ3n) is 6.01. The summed E-state index contributed by atoms with van der Waals surface area (Å²) in [6.45, 7) is 4.93. The van der Waals surface area contributed by atoms with E-state index in [1.165, 1.54) is 0 Å². The van der Waals surface area contributed by atoms with Crippen molar-refractivity contribution in [2.45, 2.75) is 51.7 Å². The maximum atomic E-state index is 13.4. The lowest BCUT2D eigenvalue weighted by atomic mass is 10.1. The minimum atomic E-state index is -0.415. The van der Waals surface area contributed by atoms with E-state index in [2.05, 4.69) is 5.32 Å². The second-order valence-electron chi connectivity index (χ2n) is 8.08. The highest BCUT2D eigenvalue weighted by Crippen LogP contribution is 2.33. The van der Waals surface area contributed by atoms with Gasteiger partial charge < -0.3 is 15.1 Å². The molecule has 0 spiro atoms. The quantitative estimate of drug-likeness (QED) is 0.829. The number of rotatable bonds is 5. The highest BCUT2D eigenvalue weighted by molar-refractivity contribution is 6.11. The summed E-state index contributed by atoms with van der Waals surface area (Å²) in [6.07, 6.45) is 2.38. The molecule has 2 aliphatic heterocycles. The Bertz CT molecular complexity index is 987. The molecule has 2 aromatic carbocycles. The minimum absolute atomic E-state index is 0.0553. The monoisotopic (exact) mass is 405 g/mol. The van der Waals surface area contributed by atoms with E-state index in [0.717, 1.165) is 18.4 Å². The number of anilines is 1. The summed E-state index contributed by atoms with van der Waals surface area (Å²) in [7, 11) is 0. The van der Waals surface area contributed by atoms with Gasteiger partial charge in [0, 0.05) is 18.2 Å². The maximum Gasteiger partial charge on any atom is 0.256 e. The second kappa shape index (κ2) is 8.30. The van der Waals surface area contributed by atoms with E-state index >= 15 is 0 Å². The molecule has 4 rings (SSSR count). The van der Waals surface area contributed by atoms with Gasteiger partial charge in [0.05, 0.1) is 17.8 Å². The summed E-state index contributed by atoms with van der Waals surface area (Å²) in [4.78, 5) is 42.4. The molecule has 0 aliphatic carbocycles. The summed E-state index contributed by atoms with van der Waals surface area (Å²) in [5, 5.41) is 2.98. The number of hydrogen-bond donors (Lipinski definition) is 1. The van der Waals surface area contributed by atoms with Crippen molar-refractivity contribution in [1.82, 2.24) is 10.2 Å². The highest BCUT2D eigenvalue weighted by atomic mass is 16.2. The van der Waals surface area contributed by atoms with Crippen molar-refractivity contribution in [3.63, 3.8) is 0 Å². The summed E-state index contributed by atoms with van der Waals surface area (Å²) in [6, 6.07) is 14.3. The van der Waals surface area contributed by atoms with Gasteiger partial charge in [-0.3, -0.25) is 14.4 Å². The van der Waals surface area contributed by atoms with Crippen LogP contribution in [0.15, 0.2) is 48.5 Å². The van der Waals surface area contributed by atoms with Gasteiger partial charge in [-0.15, -0.1) is 0 Å². The third-order valence-corrected chi connectivity index (χ3v) is 6.01. The van der Waals surface area contributed by atoms with E-state index in [0.29, 0.717) is 36.3 Å². The Morgan fingerprint density at radius 3 is 2.77 bits per heavy atom. The second-order valence-corrected chi connectivity index (χ2v) is 8.08. The van der Waals surface area contributed by atoms with Crippen LogP contribution in [-0.4, -0.2) is 41.2 Å². The van der Waals surface area contributed by atoms with Crippen LogP contribution in [0.5, 0.6) is 0 Å². The Hall–Kier alpha value is -3.15. The summed E-state index contributed by atoms with van der Waals surface area (Å²) < 4.78 is 0. The highest BCUT2D eigenvalue weighted by Gasteiger charge is 2.41. The summed E-state index contributed by atoms with van der Waals surface area (Å²) in [5.74, 6) is -0.253. The van der Waals surface area contributed by atoms with Crippen LogP contribution in [0.3, 0.4) is 0 Å². The number of nitrogens with zero attached hydrogens (tertiary/aromatic N) is 2. The Morgan fingerprint density at radius 1 is 1.17 bits per heavy atom. The molecule has 2 heterocycles. The molecule has 0 unspecified atom stereocenters. The number of amides is 3. The van der Waals surface area contributed by atoms with Gasteiger partial charge in [-0.2, -0.15) is 0 Å². The Kier molecular flexibility index (Phi) is 5.57. The predicted octanol–water partition coefficient (Wildman–Crippen LogP) is 3.37. The average Bonchev–Trinajstić information content (AvgIpc) is 3.24.